The molecule has 0 radical (unpaired) electrons. The van der Waals surface area contributed by atoms with E-state index in [0.29, 0.717) is 11.0 Å². The van der Waals surface area contributed by atoms with Gasteiger partial charge in [-0.05, 0) is 41.4 Å². The predicted octanol–water partition coefficient (Wildman–Crippen LogP) is 3.48. The van der Waals surface area contributed by atoms with Crippen molar-refractivity contribution in [1.82, 2.24) is 5.32 Å². The highest BCUT2D eigenvalue weighted by Crippen LogP contribution is 2.17. The van der Waals surface area contributed by atoms with E-state index in [0.717, 1.165) is 18.8 Å². The zero-order valence-electron chi connectivity index (χ0n) is 15.8. The minimum Gasteiger partial charge on any atom is -0.358 e. The third-order valence-electron chi connectivity index (χ3n) is 5.14. The molecule has 0 aliphatic carbocycles. The van der Waals surface area contributed by atoms with Crippen LogP contribution in [0.15, 0.2) is 48.5 Å². The first kappa shape index (κ1) is 18.9. The summed E-state index contributed by atoms with van der Waals surface area (Å²) in [7, 11) is 0. The molecule has 138 valence electrons. The first-order valence-corrected chi connectivity index (χ1v) is 10.1. The zero-order chi connectivity index (χ0) is 18.4. The van der Waals surface area contributed by atoms with Gasteiger partial charge in [0.15, 0.2) is 5.11 Å². The van der Waals surface area contributed by atoms with E-state index in [1.807, 2.05) is 0 Å². The summed E-state index contributed by atoms with van der Waals surface area (Å²) in [6.45, 7) is 8.89. The van der Waals surface area contributed by atoms with Crippen molar-refractivity contribution in [2.75, 3.05) is 18.4 Å². The first-order valence-electron chi connectivity index (χ1n) is 9.67. The van der Waals surface area contributed by atoms with Crippen LogP contribution in [0, 0.1) is 0 Å². The Bertz CT molecular complexity index is 718. The number of hydrogen-bond donors (Lipinski definition) is 3. The molecule has 1 aliphatic rings. The molecule has 2 aromatic rings. The standard InChI is InChI=1S/C22H29N3S/c1-17(2)18-9-11-21(12-10-18)24-22(26)23-15-19-7-3-4-8-20(19)16-25-13-5-6-14-25/h3-4,7-12,17H,5-6,13-16H2,1-2H3,(H2,23,24,26)/p+1. The molecular formula is C22H30N3S+. The molecule has 26 heavy (non-hydrogen) atoms. The van der Waals surface area contributed by atoms with Crippen molar-refractivity contribution in [2.45, 2.75) is 45.7 Å². The van der Waals surface area contributed by atoms with E-state index in [4.69, 9.17) is 12.2 Å². The number of hydrogen-bond acceptors (Lipinski definition) is 1. The topological polar surface area (TPSA) is 28.5 Å². The van der Waals surface area contributed by atoms with Gasteiger partial charge in [-0.25, -0.2) is 0 Å². The molecule has 0 bridgehead atoms. The average Bonchev–Trinajstić information content (AvgIpc) is 3.14. The fourth-order valence-electron chi connectivity index (χ4n) is 3.53. The van der Waals surface area contributed by atoms with E-state index in [1.165, 1.54) is 42.6 Å². The van der Waals surface area contributed by atoms with E-state index in [9.17, 15) is 0 Å². The van der Waals surface area contributed by atoms with Gasteiger partial charge < -0.3 is 15.5 Å². The molecular weight excluding hydrogens is 338 g/mol. The average molecular weight is 369 g/mol. The summed E-state index contributed by atoms with van der Waals surface area (Å²) in [5, 5.41) is 7.32. The maximum atomic E-state index is 5.48. The Balaban J connectivity index is 1.54. The number of rotatable bonds is 6. The second-order valence-electron chi connectivity index (χ2n) is 7.49. The molecule has 0 aromatic heterocycles. The quantitative estimate of drug-likeness (QED) is 0.682. The van der Waals surface area contributed by atoms with Crippen LogP contribution in [0.3, 0.4) is 0 Å². The fraction of sp³-hybridized carbons (Fsp3) is 0.409. The molecule has 0 unspecified atom stereocenters. The lowest BCUT2D eigenvalue weighted by atomic mass is 10.0. The van der Waals surface area contributed by atoms with Gasteiger partial charge in [-0.15, -0.1) is 0 Å². The normalized spacial score (nSPS) is 14.6. The minimum atomic E-state index is 0.545. The van der Waals surface area contributed by atoms with E-state index >= 15 is 0 Å². The third-order valence-corrected chi connectivity index (χ3v) is 5.39. The van der Waals surface area contributed by atoms with Gasteiger partial charge in [-0.1, -0.05) is 50.2 Å². The molecule has 1 saturated heterocycles. The van der Waals surface area contributed by atoms with Crippen LogP contribution in [0.25, 0.3) is 0 Å². The Labute approximate surface area is 162 Å². The molecule has 1 heterocycles. The summed E-state index contributed by atoms with van der Waals surface area (Å²) >= 11 is 5.48. The maximum absolute atomic E-state index is 5.48. The molecule has 3 rings (SSSR count). The molecule has 0 amide bonds. The van der Waals surface area contributed by atoms with Crippen LogP contribution >= 0.6 is 12.2 Å². The van der Waals surface area contributed by atoms with Crippen molar-refractivity contribution in [3.05, 3.63) is 65.2 Å². The molecule has 1 aliphatic heterocycles. The van der Waals surface area contributed by atoms with Gasteiger partial charge in [-0.3, -0.25) is 0 Å². The number of benzene rings is 2. The van der Waals surface area contributed by atoms with Crippen LogP contribution in [0.5, 0.6) is 0 Å². The number of thiocarbonyl (C=S) groups is 1. The molecule has 3 N–H and O–H groups in total. The van der Waals surface area contributed by atoms with Gasteiger partial charge >= 0.3 is 0 Å². The highest BCUT2D eigenvalue weighted by atomic mass is 32.1. The van der Waals surface area contributed by atoms with Crippen LogP contribution in [0.4, 0.5) is 5.69 Å². The summed E-state index contributed by atoms with van der Waals surface area (Å²) in [4.78, 5) is 1.70. The summed E-state index contributed by atoms with van der Waals surface area (Å²) < 4.78 is 0. The second-order valence-corrected chi connectivity index (χ2v) is 7.90. The van der Waals surface area contributed by atoms with Crippen LogP contribution in [0.2, 0.25) is 0 Å². The minimum absolute atomic E-state index is 0.545. The number of quaternary nitrogens is 1. The van der Waals surface area contributed by atoms with Gasteiger partial charge in [0.25, 0.3) is 0 Å². The van der Waals surface area contributed by atoms with Gasteiger partial charge in [0.2, 0.25) is 0 Å². The smallest absolute Gasteiger partial charge is 0.171 e. The summed E-state index contributed by atoms with van der Waals surface area (Å²) in [6, 6.07) is 17.2. The molecule has 0 atom stereocenters. The van der Waals surface area contributed by atoms with Crippen LogP contribution < -0.4 is 15.5 Å². The Kier molecular flexibility index (Phi) is 6.64. The Morgan fingerprint density at radius 3 is 2.31 bits per heavy atom. The zero-order valence-corrected chi connectivity index (χ0v) is 16.7. The third kappa shape index (κ3) is 5.29. The Hall–Kier alpha value is -1.91. The Morgan fingerprint density at radius 2 is 1.65 bits per heavy atom. The number of likely N-dealkylation sites (tertiary alicyclic amines) is 1. The monoisotopic (exact) mass is 368 g/mol. The van der Waals surface area contributed by atoms with E-state index in [2.05, 4.69) is 73.0 Å². The van der Waals surface area contributed by atoms with Crippen molar-refractivity contribution >= 4 is 23.0 Å². The van der Waals surface area contributed by atoms with E-state index in [1.54, 1.807) is 4.90 Å². The number of anilines is 1. The molecule has 4 heteroatoms. The summed E-state index contributed by atoms with van der Waals surface area (Å²) in [5.41, 5.74) is 5.14. The lowest BCUT2D eigenvalue weighted by molar-refractivity contribution is -0.901. The van der Waals surface area contributed by atoms with Gasteiger partial charge in [0, 0.05) is 30.6 Å². The lowest BCUT2D eigenvalue weighted by Crippen LogP contribution is -3.08. The van der Waals surface area contributed by atoms with Crippen LogP contribution in [0.1, 0.15) is 49.3 Å². The summed E-state index contributed by atoms with van der Waals surface area (Å²) in [5.74, 6) is 0.545. The first-order chi connectivity index (χ1) is 12.6. The molecule has 1 fully saturated rings. The summed E-state index contributed by atoms with van der Waals surface area (Å²) in [6.07, 6.45) is 2.72. The molecule has 0 saturated carbocycles. The lowest BCUT2D eigenvalue weighted by Gasteiger charge is -2.16. The van der Waals surface area contributed by atoms with Crippen molar-refractivity contribution in [1.29, 1.82) is 0 Å². The largest absolute Gasteiger partial charge is 0.358 e. The van der Waals surface area contributed by atoms with Crippen molar-refractivity contribution in [3.63, 3.8) is 0 Å². The molecule has 2 aromatic carbocycles. The van der Waals surface area contributed by atoms with Gasteiger partial charge in [0.1, 0.15) is 6.54 Å². The van der Waals surface area contributed by atoms with Gasteiger partial charge in [-0.2, -0.15) is 0 Å². The number of nitrogens with one attached hydrogen (secondary N) is 3. The highest BCUT2D eigenvalue weighted by Gasteiger charge is 2.17. The molecule has 0 spiro atoms. The van der Waals surface area contributed by atoms with Crippen LogP contribution in [-0.4, -0.2) is 18.2 Å². The predicted molar refractivity (Wildman–Crippen MR) is 114 cm³/mol. The maximum Gasteiger partial charge on any atom is 0.171 e. The van der Waals surface area contributed by atoms with Crippen molar-refractivity contribution in [3.8, 4) is 0 Å². The fourth-order valence-corrected chi connectivity index (χ4v) is 3.72. The SMILES string of the molecule is CC(C)c1ccc(NC(=S)NCc2ccccc2C[NH+]2CCCC2)cc1. The van der Waals surface area contributed by atoms with E-state index < -0.39 is 0 Å². The molecule has 3 nitrogen and oxygen atoms in total. The van der Waals surface area contributed by atoms with E-state index in [-0.39, 0.29) is 0 Å². The van der Waals surface area contributed by atoms with Crippen LogP contribution in [-0.2, 0) is 13.1 Å². The van der Waals surface area contributed by atoms with Gasteiger partial charge in [0.05, 0.1) is 13.1 Å². The second kappa shape index (κ2) is 9.15. The van der Waals surface area contributed by atoms with Crippen molar-refractivity contribution in [2.24, 2.45) is 0 Å². The Morgan fingerprint density at radius 1 is 1.00 bits per heavy atom. The highest BCUT2D eigenvalue weighted by molar-refractivity contribution is 7.80. The van der Waals surface area contributed by atoms with Crippen molar-refractivity contribution < 1.29 is 4.90 Å².